The van der Waals surface area contributed by atoms with E-state index in [0.717, 1.165) is 0 Å². The van der Waals surface area contributed by atoms with Gasteiger partial charge in [0.05, 0.1) is 11.6 Å². The van der Waals surface area contributed by atoms with Gasteiger partial charge in [0.2, 0.25) is 5.88 Å². The third-order valence-corrected chi connectivity index (χ3v) is 2.11. The number of nitrogens with zero attached hydrogens (tertiary/aromatic N) is 2. The SMILES string of the molecule is N#Cc1cc(Cl)nc(Oc2cccc(F)c2)c1. The number of nitriles is 1. The Morgan fingerprint density at radius 3 is 2.82 bits per heavy atom. The molecule has 0 amide bonds. The molecule has 2 aromatic rings. The minimum atomic E-state index is -0.412. The number of rotatable bonds is 2. The van der Waals surface area contributed by atoms with Crippen molar-refractivity contribution in [1.29, 1.82) is 5.26 Å². The van der Waals surface area contributed by atoms with Gasteiger partial charge in [0, 0.05) is 12.1 Å². The average Bonchev–Trinajstić information content (AvgIpc) is 2.28. The zero-order valence-electron chi connectivity index (χ0n) is 8.52. The molecular weight excluding hydrogens is 243 g/mol. The van der Waals surface area contributed by atoms with Gasteiger partial charge in [-0.05, 0) is 18.2 Å². The molecule has 0 aliphatic heterocycles. The monoisotopic (exact) mass is 248 g/mol. The summed E-state index contributed by atoms with van der Waals surface area (Å²) in [6, 6.07) is 10.4. The van der Waals surface area contributed by atoms with Gasteiger partial charge in [-0.3, -0.25) is 0 Å². The van der Waals surface area contributed by atoms with Gasteiger partial charge < -0.3 is 4.74 Å². The molecular formula is C12H6ClFN2O. The van der Waals surface area contributed by atoms with Gasteiger partial charge in [0.25, 0.3) is 0 Å². The van der Waals surface area contributed by atoms with E-state index in [9.17, 15) is 4.39 Å². The molecule has 1 aromatic carbocycles. The average molecular weight is 249 g/mol. The number of ether oxygens (including phenoxy) is 1. The molecule has 5 heteroatoms. The molecule has 1 aromatic heterocycles. The molecule has 0 aliphatic rings. The second kappa shape index (κ2) is 4.81. The second-order valence-electron chi connectivity index (χ2n) is 3.19. The maximum atomic E-state index is 12.9. The summed E-state index contributed by atoms with van der Waals surface area (Å²) in [6.45, 7) is 0. The third kappa shape index (κ3) is 2.92. The molecule has 0 N–H and O–H groups in total. The smallest absolute Gasteiger partial charge is 0.221 e. The molecule has 0 radical (unpaired) electrons. The molecule has 2 rings (SSSR count). The molecule has 0 aliphatic carbocycles. The highest BCUT2D eigenvalue weighted by atomic mass is 35.5. The lowest BCUT2D eigenvalue weighted by Gasteiger charge is -2.05. The number of pyridine rings is 1. The summed E-state index contributed by atoms with van der Waals surface area (Å²) in [5.74, 6) is 0.0355. The summed E-state index contributed by atoms with van der Waals surface area (Å²) >= 11 is 5.71. The van der Waals surface area contributed by atoms with Gasteiger partial charge >= 0.3 is 0 Å². The number of hydrogen-bond acceptors (Lipinski definition) is 3. The van der Waals surface area contributed by atoms with Crippen LogP contribution >= 0.6 is 11.6 Å². The largest absolute Gasteiger partial charge is 0.439 e. The van der Waals surface area contributed by atoms with Gasteiger partial charge in [-0.1, -0.05) is 17.7 Å². The van der Waals surface area contributed by atoms with E-state index in [0.29, 0.717) is 11.3 Å². The van der Waals surface area contributed by atoms with Crippen molar-refractivity contribution in [2.24, 2.45) is 0 Å². The summed E-state index contributed by atoms with van der Waals surface area (Å²) in [4.78, 5) is 3.88. The van der Waals surface area contributed by atoms with Crippen molar-refractivity contribution in [3.05, 3.63) is 52.9 Å². The van der Waals surface area contributed by atoms with Crippen LogP contribution < -0.4 is 4.74 Å². The molecule has 17 heavy (non-hydrogen) atoms. The fraction of sp³-hybridized carbons (Fsp3) is 0. The Morgan fingerprint density at radius 2 is 2.12 bits per heavy atom. The number of hydrogen-bond donors (Lipinski definition) is 0. The van der Waals surface area contributed by atoms with Crippen molar-refractivity contribution in [2.45, 2.75) is 0 Å². The van der Waals surface area contributed by atoms with Crippen LogP contribution in [0.2, 0.25) is 5.15 Å². The van der Waals surface area contributed by atoms with Gasteiger partial charge in [0.1, 0.15) is 16.7 Å². The summed E-state index contributed by atoms with van der Waals surface area (Å²) < 4.78 is 18.2. The van der Waals surface area contributed by atoms with Crippen molar-refractivity contribution in [3.63, 3.8) is 0 Å². The molecule has 0 fully saturated rings. The van der Waals surface area contributed by atoms with Crippen molar-refractivity contribution >= 4 is 11.6 Å². The standard InChI is InChI=1S/C12H6ClFN2O/c13-11-4-8(7-15)5-12(16-11)17-10-3-1-2-9(14)6-10/h1-6H. The number of halogens is 2. The van der Waals surface area contributed by atoms with Crippen LogP contribution in [0.3, 0.4) is 0 Å². The first-order valence-electron chi connectivity index (χ1n) is 4.68. The Morgan fingerprint density at radius 1 is 1.29 bits per heavy atom. The topological polar surface area (TPSA) is 45.9 Å². The van der Waals surface area contributed by atoms with Crippen LogP contribution in [0.5, 0.6) is 11.6 Å². The molecule has 84 valence electrons. The fourth-order valence-corrected chi connectivity index (χ4v) is 1.44. The van der Waals surface area contributed by atoms with Crippen molar-refractivity contribution < 1.29 is 9.13 Å². The maximum Gasteiger partial charge on any atom is 0.221 e. The van der Waals surface area contributed by atoms with Crippen LogP contribution in [0.15, 0.2) is 36.4 Å². The summed E-state index contributed by atoms with van der Waals surface area (Å²) in [5, 5.41) is 8.89. The van der Waals surface area contributed by atoms with Crippen molar-refractivity contribution in [2.75, 3.05) is 0 Å². The van der Waals surface area contributed by atoms with E-state index in [-0.39, 0.29) is 11.0 Å². The highest BCUT2D eigenvalue weighted by Gasteiger charge is 2.04. The first-order valence-corrected chi connectivity index (χ1v) is 5.06. The summed E-state index contributed by atoms with van der Waals surface area (Å²) in [6.07, 6.45) is 0. The Bertz CT molecular complexity index is 595. The van der Waals surface area contributed by atoms with Crippen molar-refractivity contribution in [1.82, 2.24) is 4.98 Å². The maximum absolute atomic E-state index is 12.9. The van der Waals surface area contributed by atoms with Gasteiger partial charge in [-0.2, -0.15) is 5.26 Å². The van der Waals surface area contributed by atoms with E-state index in [1.54, 1.807) is 6.07 Å². The lowest BCUT2D eigenvalue weighted by molar-refractivity contribution is 0.458. The van der Waals surface area contributed by atoms with E-state index >= 15 is 0 Å². The zero-order chi connectivity index (χ0) is 12.3. The van der Waals surface area contributed by atoms with E-state index < -0.39 is 5.82 Å². The Hall–Kier alpha value is -2.12. The molecule has 3 nitrogen and oxygen atoms in total. The normalized spacial score (nSPS) is 9.71. The van der Waals surface area contributed by atoms with Crippen LogP contribution in [0, 0.1) is 17.1 Å². The highest BCUT2D eigenvalue weighted by molar-refractivity contribution is 6.29. The van der Waals surface area contributed by atoms with Crippen LogP contribution in [0.1, 0.15) is 5.56 Å². The van der Waals surface area contributed by atoms with Crippen molar-refractivity contribution in [3.8, 4) is 17.7 Å². The first-order chi connectivity index (χ1) is 8.17. The van der Waals surface area contributed by atoms with Crippen LogP contribution in [0.25, 0.3) is 0 Å². The Labute approximate surface area is 102 Å². The van der Waals surface area contributed by atoms with E-state index in [1.165, 1.54) is 30.3 Å². The minimum absolute atomic E-state index is 0.149. The first kappa shape index (κ1) is 11.4. The molecule has 0 spiro atoms. The van der Waals surface area contributed by atoms with Gasteiger partial charge in [-0.15, -0.1) is 0 Å². The molecule has 0 bridgehead atoms. The van der Waals surface area contributed by atoms with Crippen LogP contribution in [-0.4, -0.2) is 4.98 Å². The number of aromatic nitrogens is 1. The summed E-state index contributed by atoms with van der Waals surface area (Å²) in [7, 11) is 0. The molecule has 0 saturated heterocycles. The lowest BCUT2D eigenvalue weighted by Crippen LogP contribution is -1.90. The zero-order valence-corrected chi connectivity index (χ0v) is 9.28. The third-order valence-electron chi connectivity index (χ3n) is 1.92. The summed E-state index contributed by atoms with van der Waals surface area (Å²) in [5.41, 5.74) is 0.330. The van der Waals surface area contributed by atoms with E-state index in [4.69, 9.17) is 21.6 Å². The lowest BCUT2D eigenvalue weighted by atomic mass is 10.3. The van der Waals surface area contributed by atoms with Gasteiger partial charge in [0.15, 0.2) is 0 Å². The van der Waals surface area contributed by atoms with E-state index in [2.05, 4.69) is 4.98 Å². The quantitative estimate of drug-likeness (QED) is 0.764. The predicted molar refractivity (Wildman–Crippen MR) is 60.4 cm³/mol. The fourth-order valence-electron chi connectivity index (χ4n) is 1.24. The molecule has 1 heterocycles. The number of benzene rings is 1. The highest BCUT2D eigenvalue weighted by Crippen LogP contribution is 2.22. The molecule has 0 saturated carbocycles. The Balaban J connectivity index is 2.30. The second-order valence-corrected chi connectivity index (χ2v) is 3.58. The predicted octanol–water partition coefficient (Wildman–Crippen LogP) is 3.54. The molecule has 0 unspecified atom stereocenters. The minimum Gasteiger partial charge on any atom is -0.439 e. The Kier molecular flexibility index (Phi) is 3.22. The van der Waals surface area contributed by atoms with Gasteiger partial charge in [-0.25, -0.2) is 9.37 Å². The van der Waals surface area contributed by atoms with E-state index in [1.807, 2.05) is 6.07 Å². The molecule has 0 atom stereocenters. The van der Waals surface area contributed by atoms with Crippen LogP contribution in [0.4, 0.5) is 4.39 Å². The van der Waals surface area contributed by atoms with Crippen LogP contribution in [-0.2, 0) is 0 Å².